The van der Waals surface area contributed by atoms with Gasteiger partial charge in [0.25, 0.3) is 0 Å². The van der Waals surface area contributed by atoms with Crippen LogP contribution in [0.25, 0.3) is 0 Å². The molecule has 0 aromatic rings. The summed E-state index contributed by atoms with van der Waals surface area (Å²) in [5.41, 5.74) is -0.190. The summed E-state index contributed by atoms with van der Waals surface area (Å²) >= 11 is 0. The average molecular weight is 270 g/mol. The molecule has 19 heavy (non-hydrogen) atoms. The van der Waals surface area contributed by atoms with E-state index in [0.29, 0.717) is 18.6 Å². The Morgan fingerprint density at radius 1 is 0.737 bits per heavy atom. The maximum Gasteiger partial charge on any atom is 0.303 e. The quantitative estimate of drug-likeness (QED) is 0.559. The molecule has 0 rings (SSSR count). The SMILES string of the molecule is CC(C)(C)C(=O)CCCCCCCCCCC(=O)O. The third-order valence-corrected chi connectivity index (χ3v) is 3.38. The van der Waals surface area contributed by atoms with E-state index in [-0.39, 0.29) is 5.41 Å². The van der Waals surface area contributed by atoms with Gasteiger partial charge in [-0.25, -0.2) is 0 Å². The van der Waals surface area contributed by atoms with E-state index in [0.717, 1.165) is 32.1 Å². The smallest absolute Gasteiger partial charge is 0.303 e. The Balaban J connectivity index is 3.24. The minimum atomic E-state index is -0.691. The first kappa shape index (κ1) is 18.1. The van der Waals surface area contributed by atoms with E-state index in [2.05, 4.69) is 0 Å². The molecule has 0 unspecified atom stereocenters. The van der Waals surface area contributed by atoms with Crippen molar-refractivity contribution in [1.82, 2.24) is 0 Å². The van der Waals surface area contributed by atoms with Crippen LogP contribution in [0.2, 0.25) is 0 Å². The van der Waals surface area contributed by atoms with E-state index in [9.17, 15) is 9.59 Å². The molecular weight excluding hydrogens is 240 g/mol. The number of hydrogen-bond acceptors (Lipinski definition) is 2. The first-order valence-corrected chi connectivity index (χ1v) is 7.59. The van der Waals surface area contributed by atoms with Crippen molar-refractivity contribution >= 4 is 11.8 Å². The van der Waals surface area contributed by atoms with Crippen LogP contribution in [0, 0.1) is 5.41 Å². The molecule has 0 bridgehead atoms. The molecule has 0 radical (unpaired) electrons. The third-order valence-electron chi connectivity index (χ3n) is 3.38. The fourth-order valence-electron chi connectivity index (χ4n) is 2.00. The number of hydrogen-bond donors (Lipinski definition) is 1. The average Bonchev–Trinajstić information content (AvgIpc) is 2.29. The Bertz CT molecular complexity index is 264. The predicted octanol–water partition coefficient (Wildman–Crippen LogP) is 4.59. The van der Waals surface area contributed by atoms with Crippen LogP contribution in [0.5, 0.6) is 0 Å². The highest BCUT2D eigenvalue weighted by atomic mass is 16.4. The molecule has 3 nitrogen and oxygen atoms in total. The monoisotopic (exact) mass is 270 g/mol. The zero-order valence-corrected chi connectivity index (χ0v) is 12.8. The second kappa shape index (κ2) is 9.99. The van der Waals surface area contributed by atoms with Gasteiger partial charge in [-0.05, 0) is 12.8 Å². The summed E-state index contributed by atoms with van der Waals surface area (Å²) in [6, 6.07) is 0. The Morgan fingerprint density at radius 3 is 1.47 bits per heavy atom. The van der Waals surface area contributed by atoms with E-state index >= 15 is 0 Å². The number of aliphatic carboxylic acids is 1. The van der Waals surface area contributed by atoms with Crippen LogP contribution < -0.4 is 0 Å². The lowest BCUT2D eigenvalue weighted by molar-refractivity contribution is -0.137. The van der Waals surface area contributed by atoms with Gasteiger partial charge in [0.05, 0.1) is 0 Å². The predicted molar refractivity (Wildman–Crippen MR) is 78.3 cm³/mol. The number of carboxylic acids is 1. The van der Waals surface area contributed by atoms with Gasteiger partial charge in [-0.1, -0.05) is 59.3 Å². The maximum atomic E-state index is 11.7. The molecule has 0 aromatic heterocycles. The second-order valence-corrected chi connectivity index (χ2v) is 6.40. The molecule has 0 atom stereocenters. The van der Waals surface area contributed by atoms with Crippen molar-refractivity contribution < 1.29 is 14.7 Å². The summed E-state index contributed by atoms with van der Waals surface area (Å²) in [6.07, 6.45) is 9.70. The highest BCUT2D eigenvalue weighted by Crippen LogP contribution is 2.19. The van der Waals surface area contributed by atoms with Gasteiger partial charge in [0.15, 0.2) is 0 Å². The van der Waals surface area contributed by atoms with Gasteiger partial charge in [0.1, 0.15) is 5.78 Å². The zero-order valence-electron chi connectivity index (χ0n) is 12.8. The molecule has 0 saturated heterocycles. The van der Waals surface area contributed by atoms with Gasteiger partial charge in [-0.15, -0.1) is 0 Å². The Labute approximate surface area is 117 Å². The van der Waals surface area contributed by atoms with E-state index in [4.69, 9.17) is 5.11 Å². The molecule has 0 amide bonds. The molecule has 0 saturated carbocycles. The number of carbonyl (C=O) groups is 2. The number of unbranched alkanes of at least 4 members (excludes halogenated alkanes) is 7. The van der Waals surface area contributed by atoms with Crippen molar-refractivity contribution in [3.8, 4) is 0 Å². The fourth-order valence-corrected chi connectivity index (χ4v) is 2.00. The third kappa shape index (κ3) is 11.9. The summed E-state index contributed by atoms with van der Waals surface area (Å²) in [5, 5.41) is 8.49. The van der Waals surface area contributed by atoms with Crippen LogP contribution >= 0.6 is 0 Å². The molecule has 0 fully saturated rings. The minimum absolute atomic E-state index is 0.190. The lowest BCUT2D eigenvalue weighted by Crippen LogP contribution is -2.19. The highest BCUT2D eigenvalue weighted by molar-refractivity contribution is 5.83. The second-order valence-electron chi connectivity index (χ2n) is 6.40. The van der Waals surface area contributed by atoms with Crippen LogP contribution in [0.3, 0.4) is 0 Å². The molecule has 0 aliphatic heterocycles. The van der Waals surface area contributed by atoms with Crippen molar-refractivity contribution in [2.24, 2.45) is 5.41 Å². The van der Waals surface area contributed by atoms with E-state index in [1.165, 1.54) is 19.3 Å². The topological polar surface area (TPSA) is 54.4 Å². The standard InChI is InChI=1S/C16H30O3/c1-16(2,3)14(17)12-10-8-6-4-5-7-9-11-13-15(18)19/h4-13H2,1-3H3,(H,18,19). The van der Waals surface area contributed by atoms with Crippen LogP contribution in [-0.4, -0.2) is 16.9 Å². The summed E-state index contributed by atoms with van der Waals surface area (Å²) in [6.45, 7) is 5.94. The minimum Gasteiger partial charge on any atom is -0.481 e. The van der Waals surface area contributed by atoms with Crippen LogP contribution in [0.1, 0.15) is 85.0 Å². The van der Waals surface area contributed by atoms with Crippen LogP contribution in [-0.2, 0) is 9.59 Å². The van der Waals surface area contributed by atoms with Gasteiger partial charge in [-0.3, -0.25) is 9.59 Å². The van der Waals surface area contributed by atoms with Gasteiger partial charge < -0.3 is 5.11 Å². The van der Waals surface area contributed by atoms with Crippen molar-refractivity contribution in [2.45, 2.75) is 85.0 Å². The molecule has 3 heteroatoms. The molecule has 112 valence electrons. The first-order valence-electron chi connectivity index (χ1n) is 7.59. The normalized spacial score (nSPS) is 11.5. The Kier molecular flexibility index (Phi) is 9.54. The lowest BCUT2D eigenvalue weighted by atomic mass is 9.88. The van der Waals surface area contributed by atoms with Crippen LogP contribution in [0.4, 0.5) is 0 Å². The molecular formula is C16H30O3. The number of Topliss-reactive ketones (excluding diaryl/α,β-unsaturated/α-hetero) is 1. The molecule has 0 aromatic carbocycles. The maximum absolute atomic E-state index is 11.7. The molecule has 0 aliphatic carbocycles. The van der Waals surface area contributed by atoms with Crippen molar-refractivity contribution in [3.63, 3.8) is 0 Å². The first-order chi connectivity index (χ1) is 8.84. The van der Waals surface area contributed by atoms with Gasteiger partial charge in [0, 0.05) is 18.3 Å². The molecule has 0 aliphatic rings. The van der Waals surface area contributed by atoms with Crippen molar-refractivity contribution in [3.05, 3.63) is 0 Å². The Morgan fingerprint density at radius 2 is 1.11 bits per heavy atom. The fraction of sp³-hybridized carbons (Fsp3) is 0.875. The zero-order chi connectivity index (χ0) is 14.7. The number of carbonyl (C=O) groups excluding carboxylic acids is 1. The largest absolute Gasteiger partial charge is 0.481 e. The van der Waals surface area contributed by atoms with Gasteiger partial charge >= 0.3 is 5.97 Å². The Hall–Kier alpha value is -0.860. The summed E-state index contributed by atoms with van der Waals surface area (Å²) in [5.74, 6) is -0.329. The molecule has 0 heterocycles. The summed E-state index contributed by atoms with van der Waals surface area (Å²) in [4.78, 5) is 22.0. The van der Waals surface area contributed by atoms with Gasteiger partial charge in [-0.2, -0.15) is 0 Å². The van der Waals surface area contributed by atoms with Crippen molar-refractivity contribution in [2.75, 3.05) is 0 Å². The van der Waals surface area contributed by atoms with Crippen LogP contribution in [0.15, 0.2) is 0 Å². The summed E-state index contributed by atoms with van der Waals surface area (Å²) in [7, 11) is 0. The lowest BCUT2D eigenvalue weighted by Gasteiger charge is -2.16. The van der Waals surface area contributed by atoms with E-state index in [1.807, 2.05) is 20.8 Å². The number of rotatable bonds is 11. The highest BCUT2D eigenvalue weighted by Gasteiger charge is 2.19. The van der Waals surface area contributed by atoms with Crippen molar-refractivity contribution in [1.29, 1.82) is 0 Å². The number of ketones is 1. The summed E-state index contributed by atoms with van der Waals surface area (Å²) < 4.78 is 0. The van der Waals surface area contributed by atoms with E-state index < -0.39 is 5.97 Å². The number of carboxylic acid groups (broad SMARTS) is 1. The van der Waals surface area contributed by atoms with E-state index in [1.54, 1.807) is 0 Å². The molecule has 1 N–H and O–H groups in total. The van der Waals surface area contributed by atoms with Gasteiger partial charge in [0.2, 0.25) is 0 Å². The molecule has 0 spiro atoms.